The van der Waals surface area contributed by atoms with Crippen LogP contribution in [0.4, 0.5) is 20.4 Å². The topological polar surface area (TPSA) is 83.1 Å². The van der Waals surface area contributed by atoms with Crippen molar-refractivity contribution in [1.82, 2.24) is 20.1 Å². The summed E-state index contributed by atoms with van der Waals surface area (Å²) in [5.74, 6) is -0.334. The Bertz CT molecular complexity index is 1180. The van der Waals surface area contributed by atoms with Crippen LogP contribution in [0.25, 0.3) is 0 Å². The van der Waals surface area contributed by atoms with Gasteiger partial charge in [0.1, 0.15) is 17.5 Å². The molecular formula is C24H26ClF2N5O2. The van der Waals surface area contributed by atoms with Crippen molar-refractivity contribution >= 4 is 29.2 Å². The van der Waals surface area contributed by atoms with Gasteiger partial charge in [0.15, 0.2) is 5.82 Å². The molecule has 4 rings (SSSR count). The maximum atomic E-state index is 14.7. The molecule has 10 heteroatoms. The molecule has 0 saturated carbocycles. The largest absolute Gasteiger partial charge is 0.469 e. The Morgan fingerprint density at radius 3 is 2.68 bits per heavy atom. The molecule has 0 spiro atoms. The number of piperidine rings is 1. The number of hydrogen-bond acceptors (Lipinski definition) is 6. The van der Waals surface area contributed by atoms with Crippen LogP contribution >= 0.6 is 11.6 Å². The Kier molecular flexibility index (Phi) is 7.13. The van der Waals surface area contributed by atoms with Gasteiger partial charge in [-0.3, -0.25) is 14.8 Å². The van der Waals surface area contributed by atoms with E-state index in [1.54, 1.807) is 18.2 Å². The van der Waals surface area contributed by atoms with Crippen LogP contribution in [0, 0.1) is 24.0 Å². The summed E-state index contributed by atoms with van der Waals surface area (Å²) in [6.45, 7) is 3.29. The summed E-state index contributed by atoms with van der Waals surface area (Å²) >= 11 is 5.90. The summed E-state index contributed by atoms with van der Waals surface area (Å²) in [5.41, 5.74) is 0.627. The number of methoxy groups -OCH3 is 1. The van der Waals surface area contributed by atoms with Crippen molar-refractivity contribution in [1.29, 1.82) is 0 Å². The third kappa shape index (κ3) is 5.20. The molecule has 180 valence electrons. The zero-order valence-corrected chi connectivity index (χ0v) is 19.8. The van der Waals surface area contributed by atoms with Crippen LogP contribution in [0.2, 0.25) is 5.02 Å². The second kappa shape index (κ2) is 10.1. The van der Waals surface area contributed by atoms with Gasteiger partial charge in [-0.1, -0.05) is 23.7 Å². The van der Waals surface area contributed by atoms with Gasteiger partial charge in [-0.15, -0.1) is 0 Å². The van der Waals surface area contributed by atoms with E-state index in [0.29, 0.717) is 49.7 Å². The SMILES string of the molecule is COC(=O)C1(Cc2nc(Nc3cc(C)[nH]n3)ccc2F)CCN(Cc2cccc(Cl)c2F)CC1. The van der Waals surface area contributed by atoms with Crippen molar-refractivity contribution in [2.45, 2.75) is 32.7 Å². The molecule has 2 N–H and O–H groups in total. The maximum absolute atomic E-state index is 14.7. The number of carbonyl (C=O) groups is 1. The van der Waals surface area contributed by atoms with E-state index in [0.717, 1.165) is 5.69 Å². The molecule has 3 aromatic rings. The van der Waals surface area contributed by atoms with E-state index in [9.17, 15) is 13.6 Å². The summed E-state index contributed by atoms with van der Waals surface area (Å²) in [5, 5.41) is 10.1. The molecule has 1 aliphatic heterocycles. The van der Waals surface area contributed by atoms with Crippen molar-refractivity contribution in [2.24, 2.45) is 5.41 Å². The van der Waals surface area contributed by atoms with Crippen molar-refractivity contribution in [2.75, 3.05) is 25.5 Å². The van der Waals surface area contributed by atoms with Crippen LogP contribution in [0.3, 0.4) is 0 Å². The molecule has 0 bridgehead atoms. The molecule has 0 atom stereocenters. The third-order valence-corrected chi connectivity index (χ3v) is 6.54. The van der Waals surface area contributed by atoms with Gasteiger partial charge in [0.25, 0.3) is 0 Å². The van der Waals surface area contributed by atoms with Gasteiger partial charge in [0.2, 0.25) is 0 Å². The zero-order valence-electron chi connectivity index (χ0n) is 19.0. The van der Waals surface area contributed by atoms with Gasteiger partial charge in [0, 0.05) is 30.3 Å². The number of likely N-dealkylation sites (tertiary alicyclic amines) is 1. The maximum Gasteiger partial charge on any atom is 0.312 e. The third-order valence-electron chi connectivity index (χ3n) is 6.24. The Labute approximate surface area is 201 Å². The Morgan fingerprint density at radius 2 is 2.00 bits per heavy atom. The number of nitrogens with one attached hydrogen (secondary N) is 2. The lowest BCUT2D eigenvalue weighted by molar-refractivity contribution is -0.156. The highest BCUT2D eigenvalue weighted by Crippen LogP contribution is 2.37. The summed E-state index contributed by atoms with van der Waals surface area (Å²) in [7, 11) is 1.33. The molecule has 0 radical (unpaired) electrons. The number of rotatable bonds is 7. The van der Waals surface area contributed by atoms with Crippen LogP contribution in [0.5, 0.6) is 0 Å². The lowest BCUT2D eigenvalue weighted by Gasteiger charge is -2.39. The highest BCUT2D eigenvalue weighted by molar-refractivity contribution is 6.30. The molecule has 1 aromatic carbocycles. The minimum Gasteiger partial charge on any atom is -0.469 e. The summed E-state index contributed by atoms with van der Waals surface area (Å²) < 4.78 is 34.2. The Hall–Kier alpha value is -3.04. The molecule has 3 heterocycles. The number of ether oxygens (including phenoxy) is 1. The van der Waals surface area contributed by atoms with Crippen molar-refractivity contribution in [3.05, 3.63) is 70.0 Å². The number of aromatic nitrogens is 3. The summed E-state index contributed by atoms with van der Waals surface area (Å²) in [6, 6.07) is 9.57. The standard InChI is InChI=1S/C24H26ClF2N5O2/c1-15-12-21(31-30-15)29-20-7-6-18(26)19(28-20)13-24(23(33)34-2)8-10-32(11-9-24)14-16-4-3-5-17(25)22(16)27/h3-7,12H,8-11,13-14H2,1-2H3,(H2,28,29,30,31). The fraction of sp³-hybridized carbons (Fsp3) is 0.375. The van der Waals surface area contributed by atoms with E-state index >= 15 is 0 Å². The molecule has 1 aliphatic rings. The van der Waals surface area contributed by atoms with Crippen LogP contribution in [0.15, 0.2) is 36.4 Å². The molecule has 0 unspecified atom stereocenters. The van der Waals surface area contributed by atoms with E-state index in [-0.39, 0.29) is 17.1 Å². The van der Waals surface area contributed by atoms with E-state index in [4.69, 9.17) is 16.3 Å². The molecule has 2 aromatic heterocycles. The number of carbonyl (C=O) groups excluding carboxylic acids is 1. The van der Waals surface area contributed by atoms with E-state index in [1.165, 1.54) is 25.3 Å². The predicted molar refractivity (Wildman–Crippen MR) is 125 cm³/mol. The highest BCUT2D eigenvalue weighted by Gasteiger charge is 2.43. The van der Waals surface area contributed by atoms with Crippen molar-refractivity contribution in [3.63, 3.8) is 0 Å². The van der Waals surface area contributed by atoms with E-state index in [2.05, 4.69) is 25.4 Å². The highest BCUT2D eigenvalue weighted by atomic mass is 35.5. The van der Waals surface area contributed by atoms with E-state index in [1.807, 2.05) is 6.92 Å². The molecule has 1 fully saturated rings. The minimum absolute atomic E-state index is 0.0819. The van der Waals surface area contributed by atoms with Gasteiger partial charge in [0.05, 0.1) is 23.2 Å². The number of hydrogen-bond donors (Lipinski definition) is 2. The number of benzene rings is 1. The van der Waals surface area contributed by atoms with Gasteiger partial charge in [-0.2, -0.15) is 5.10 Å². The minimum atomic E-state index is -0.923. The number of nitrogens with zero attached hydrogens (tertiary/aromatic N) is 3. The van der Waals surface area contributed by atoms with Gasteiger partial charge in [-0.05, 0) is 51.1 Å². The number of aromatic amines is 1. The number of halogens is 3. The molecule has 0 aliphatic carbocycles. The van der Waals surface area contributed by atoms with Crippen LogP contribution in [0.1, 0.15) is 29.8 Å². The first kappa shape index (κ1) is 24.1. The Balaban J connectivity index is 1.50. The first-order valence-corrected chi connectivity index (χ1v) is 11.4. The number of anilines is 2. The first-order valence-electron chi connectivity index (χ1n) is 11.0. The monoisotopic (exact) mass is 489 g/mol. The normalized spacial score (nSPS) is 15.8. The lowest BCUT2D eigenvalue weighted by atomic mass is 9.74. The van der Waals surface area contributed by atoms with Crippen molar-refractivity contribution < 1.29 is 18.3 Å². The molecule has 1 saturated heterocycles. The van der Waals surface area contributed by atoms with Gasteiger partial charge < -0.3 is 10.1 Å². The Morgan fingerprint density at radius 1 is 1.24 bits per heavy atom. The predicted octanol–water partition coefficient (Wildman–Crippen LogP) is 4.79. The molecule has 0 amide bonds. The lowest BCUT2D eigenvalue weighted by Crippen LogP contribution is -2.46. The van der Waals surface area contributed by atoms with Gasteiger partial charge in [-0.25, -0.2) is 13.8 Å². The number of pyridine rings is 1. The van der Waals surface area contributed by atoms with Crippen LogP contribution < -0.4 is 5.32 Å². The fourth-order valence-corrected chi connectivity index (χ4v) is 4.53. The fourth-order valence-electron chi connectivity index (χ4n) is 4.33. The van der Waals surface area contributed by atoms with Crippen LogP contribution in [-0.4, -0.2) is 46.2 Å². The number of H-pyrrole nitrogens is 1. The first-order chi connectivity index (χ1) is 16.3. The summed E-state index contributed by atoms with van der Waals surface area (Å²) in [4.78, 5) is 19.3. The average molecular weight is 490 g/mol. The smallest absolute Gasteiger partial charge is 0.312 e. The molecular weight excluding hydrogens is 464 g/mol. The second-order valence-corrected chi connectivity index (χ2v) is 9.03. The number of aryl methyl sites for hydroxylation is 1. The molecule has 7 nitrogen and oxygen atoms in total. The van der Waals surface area contributed by atoms with Crippen molar-refractivity contribution in [3.8, 4) is 0 Å². The summed E-state index contributed by atoms with van der Waals surface area (Å²) in [6.07, 6.45) is 0.957. The van der Waals surface area contributed by atoms with E-state index < -0.39 is 23.0 Å². The van der Waals surface area contributed by atoms with Crippen LogP contribution in [-0.2, 0) is 22.5 Å². The van der Waals surface area contributed by atoms with Gasteiger partial charge >= 0.3 is 5.97 Å². The molecule has 34 heavy (non-hydrogen) atoms. The quantitative estimate of drug-likeness (QED) is 0.464. The number of esters is 1. The zero-order chi connectivity index (χ0) is 24.3. The second-order valence-electron chi connectivity index (χ2n) is 8.62. The average Bonchev–Trinajstić information content (AvgIpc) is 3.24.